The molecule has 0 N–H and O–H groups in total. The highest BCUT2D eigenvalue weighted by molar-refractivity contribution is 5.87. The minimum atomic E-state index is -0.109. The van der Waals surface area contributed by atoms with Crippen LogP contribution in [-0.2, 0) is 21.7 Å². The second-order valence-corrected chi connectivity index (χ2v) is 21.6. The molecule has 1 heteroatoms. The van der Waals surface area contributed by atoms with Crippen LogP contribution in [0.3, 0.4) is 0 Å². The Labute approximate surface area is 383 Å². The molecule has 0 saturated carbocycles. The Morgan fingerprint density at radius 2 is 0.703 bits per heavy atom. The molecule has 0 radical (unpaired) electrons. The van der Waals surface area contributed by atoms with Crippen molar-refractivity contribution < 1.29 is 0 Å². The molecule has 9 rings (SSSR count). The van der Waals surface area contributed by atoms with E-state index in [1.807, 2.05) is 0 Å². The van der Waals surface area contributed by atoms with E-state index in [0.717, 1.165) is 17.1 Å². The first-order valence-electron chi connectivity index (χ1n) is 23.1. The van der Waals surface area contributed by atoms with Gasteiger partial charge in [-0.25, -0.2) is 0 Å². The summed E-state index contributed by atoms with van der Waals surface area (Å²) in [6.45, 7) is 25.6. The highest BCUT2D eigenvalue weighted by atomic mass is 15.1. The third kappa shape index (κ3) is 8.25. The van der Waals surface area contributed by atoms with Gasteiger partial charge >= 0.3 is 0 Å². The molecular formula is C63H63N. The molecule has 1 aliphatic carbocycles. The lowest BCUT2D eigenvalue weighted by molar-refractivity contribution is 0.569. The van der Waals surface area contributed by atoms with Crippen LogP contribution in [0.2, 0.25) is 0 Å². The predicted octanol–water partition coefficient (Wildman–Crippen LogP) is 18.0. The lowest BCUT2D eigenvalue weighted by atomic mass is 9.78. The zero-order chi connectivity index (χ0) is 45.2. The molecule has 0 aliphatic heterocycles. The van der Waals surface area contributed by atoms with Crippen molar-refractivity contribution >= 4 is 17.1 Å². The van der Waals surface area contributed by atoms with Gasteiger partial charge in [-0.2, -0.15) is 0 Å². The molecule has 0 saturated heterocycles. The average molecular weight is 834 g/mol. The van der Waals surface area contributed by atoms with Gasteiger partial charge in [-0.1, -0.05) is 216 Å². The van der Waals surface area contributed by atoms with Crippen molar-refractivity contribution in [2.45, 2.75) is 97.8 Å². The van der Waals surface area contributed by atoms with Crippen LogP contribution in [0, 0.1) is 0 Å². The van der Waals surface area contributed by atoms with Crippen LogP contribution < -0.4 is 4.90 Å². The number of nitrogens with zero attached hydrogens (tertiary/aromatic N) is 1. The second-order valence-electron chi connectivity index (χ2n) is 21.6. The molecule has 1 aliphatic rings. The normalized spacial score (nSPS) is 13.4. The number of hydrogen-bond donors (Lipinski definition) is 0. The summed E-state index contributed by atoms with van der Waals surface area (Å²) < 4.78 is 0. The number of benzene rings is 8. The van der Waals surface area contributed by atoms with Gasteiger partial charge in [0.05, 0.1) is 0 Å². The zero-order valence-electron chi connectivity index (χ0n) is 39.8. The summed E-state index contributed by atoms with van der Waals surface area (Å²) >= 11 is 0. The minimum Gasteiger partial charge on any atom is -0.310 e. The van der Waals surface area contributed by atoms with Gasteiger partial charge in [-0.05, 0) is 142 Å². The molecule has 1 nitrogen and oxygen atoms in total. The van der Waals surface area contributed by atoms with Crippen LogP contribution >= 0.6 is 0 Å². The summed E-state index contributed by atoms with van der Waals surface area (Å²) in [5, 5.41) is 0. The Hall–Kier alpha value is -6.44. The maximum atomic E-state index is 2.43. The summed E-state index contributed by atoms with van der Waals surface area (Å²) in [5.41, 5.74) is 22.6. The summed E-state index contributed by atoms with van der Waals surface area (Å²) in [4.78, 5) is 2.43. The fraction of sp³-hybridized carbons (Fsp3) is 0.238. The van der Waals surface area contributed by atoms with Gasteiger partial charge in [0.1, 0.15) is 0 Å². The zero-order valence-corrected chi connectivity index (χ0v) is 39.8. The van der Waals surface area contributed by atoms with Gasteiger partial charge in [0.2, 0.25) is 0 Å². The molecule has 0 spiro atoms. The number of rotatable bonds is 7. The summed E-state index contributed by atoms with van der Waals surface area (Å²) in [6.07, 6.45) is 0. The molecule has 0 fully saturated rings. The van der Waals surface area contributed by atoms with E-state index in [1.54, 1.807) is 0 Å². The third-order valence-electron chi connectivity index (χ3n) is 13.5. The molecule has 0 atom stereocenters. The summed E-state index contributed by atoms with van der Waals surface area (Å²) in [5.74, 6) is 0. The van der Waals surface area contributed by atoms with Crippen molar-refractivity contribution in [3.8, 4) is 55.6 Å². The number of fused-ring (bicyclic) bond motifs is 3. The number of hydrogen-bond acceptors (Lipinski definition) is 1. The van der Waals surface area contributed by atoms with Crippen molar-refractivity contribution in [1.29, 1.82) is 0 Å². The molecule has 8 aromatic carbocycles. The van der Waals surface area contributed by atoms with Gasteiger partial charge < -0.3 is 4.90 Å². The Bertz CT molecular complexity index is 2960. The third-order valence-corrected chi connectivity index (χ3v) is 13.5. The van der Waals surface area contributed by atoms with Gasteiger partial charge in [-0.15, -0.1) is 0 Å². The molecular weight excluding hydrogens is 771 g/mol. The molecule has 0 heterocycles. The maximum Gasteiger partial charge on any atom is 0.0467 e. The van der Waals surface area contributed by atoms with E-state index in [-0.39, 0.29) is 21.7 Å². The SMILES string of the molecule is CC(C)(C)c1cc(-c2ccc(-c3cccc(N(c4cccc(-c5ccccc5)c4)c4ccc5c(c4)C(C)(C)c4ccccc4-5)c3)cc2)cc(-c2cc(C(C)(C)C)cc(C(C)(C)C)c2)c1. The van der Waals surface area contributed by atoms with Crippen LogP contribution in [0.1, 0.15) is 104 Å². The Kier molecular flexibility index (Phi) is 10.7. The van der Waals surface area contributed by atoms with Gasteiger partial charge in [0.15, 0.2) is 0 Å². The first kappa shape index (κ1) is 42.8. The highest BCUT2D eigenvalue weighted by Gasteiger charge is 2.36. The molecule has 0 aromatic heterocycles. The highest BCUT2D eigenvalue weighted by Crippen LogP contribution is 2.51. The van der Waals surface area contributed by atoms with E-state index in [9.17, 15) is 0 Å². The first-order valence-corrected chi connectivity index (χ1v) is 23.1. The molecule has 64 heavy (non-hydrogen) atoms. The smallest absolute Gasteiger partial charge is 0.0467 e. The van der Waals surface area contributed by atoms with Crippen LogP contribution in [0.25, 0.3) is 55.6 Å². The van der Waals surface area contributed by atoms with Gasteiger partial charge in [0, 0.05) is 22.5 Å². The second kappa shape index (κ2) is 16.0. The monoisotopic (exact) mass is 833 g/mol. The number of anilines is 3. The van der Waals surface area contributed by atoms with E-state index >= 15 is 0 Å². The van der Waals surface area contributed by atoms with Gasteiger partial charge in [-0.3, -0.25) is 0 Å². The van der Waals surface area contributed by atoms with E-state index in [4.69, 9.17) is 0 Å². The van der Waals surface area contributed by atoms with E-state index in [1.165, 1.54) is 83.5 Å². The van der Waals surface area contributed by atoms with Crippen LogP contribution in [0.5, 0.6) is 0 Å². The lowest BCUT2D eigenvalue weighted by Crippen LogP contribution is -2.16. The van der Waals surface area contributed by atoms with Crippen molar-refractivity contribution in [3.05, 3.63) is 210 Å². The Morgan fingerprint density at radius 1 is 0.297 bits per heavy atom. The molecule has 0 bridgehead atoms. The molecule has 320 valence electrons. The fourth-order valence-corrected chi connectivity index (χ4v) is 9.47. The first-order chi connectivity index (χ1) is 30.3. The quantitative estimate of drug-likeness (QED) is 0.155. The van der Waals surface area contributed by atoms with Crippen LogP contribution in [-0.4, -0.2) is 0 Å². The molecule has 8 aromatic rings. The van der Waals surface area contributed by atoms with Crippen molar-refractivity contribution in [1.82, 2.24) is 0 Å². The standard InChI is InChI=1S/C63H63N/c1-60(2,3)50-34-47(33-48(35-50)49-36-51(61(4,5)6)40-52(37-49)62(7,8)9)44-29-27-43(28-30-44)46-22-18-24-54(39-46)64(53-23-17-21-45(38-53)42-19-13-12-14-20-42)55-31-32-57-56-25-15-16-26-58(56)63(10,11)59(57)41-55/h12-41H,1-11H3. The van der Waals surface area contributed by atoms with Crippen molar-refractivity contribution in [3.63, 3.8) is 0 Å². The fourth-order valence-electron chi connectivity index (χ4n) is 9.47. The minimum absolute atomic E-state index is 0.00924. The Balaban J connectivity index is 1.12. The lowest BCUT2D eigenvalue weighted by Gasteiger charge is -2.29. The average Bonchev–Trinajstić information content (AvgIpc) is 3.51. The van der Waals surface area contributed by atoms with Crippen molar-refractivity contribution in [2.24, 2.45) is 0 Å². The summed E-state index contributed by atoms with van der Waals surface area (Å²) in [7, 11) is 0. The van der Waals surface area contributed by atoms with Crippen LogP contribution in [0.15, 0.2) is 182 Å². The topological polar surface area (TPSA) is 3.24 Å². The summed E-state index contributed by atoms with van der Waals surface area (Å²) in [6, 6.07) is 68.3. The van der Waals surface area contributed by atoms with Crippen molar-refractivity contribution in [2.75, 3.05) is 4.90 Å². The van der Waals surface area contributed by atoms with E-state index in [0.29, 0.717) is 0 Å². The van der Waals surface area contributed by atoms with Crippen LogP contribution in [0.4, 0.5) is 17.1 Å². The van der Waals surface area contributed by atoms with E-state index in [2.05, 4.69) is 263 Å². The van der Waals surface area contributed by atoms with E-state index < -0.39 is 0 Å². The Morgan fingerprint density at radius 3 is 1.25 bits per heavy atom. The van der Waals surface area contributed by atoms with Gasteiger partial charge in [0.25, 0.3) is 0 Å². The maximum absolute atomic E-state index is 2.43. The predicted molar refractivity (Wildman–Crippen MR) is 277 cm³/mol. The molecule has 0 amide bonds. The molecule has 0 unspecified atom stereocenters. The largest absolute Gasteiger partial charge is 0.310 e.